The van der Waals surface area contributed by atoms with Crippen LogP contribution in [-0.4, -0.2) is 55.7 Å². The highest BCUT2D eigenvalue weighted by molar-refractivity contribution is 6.31. The number of fused-ring (bicyclic) bond motifs is 3. The lowest BCUT2D eigenvalue weighted by molar-refractivity contribution is 0.00532. The van der Waals surface area contributed by atoms with Crippen LogP contribution in [0.1, 0.15) is 39.3 Å². The molecule has 0 unspecified atom stereocenters. The average Bonchev–Trinajstić information content (AvgIpc) is 2.87. The molecule has 156 valence electrons. The number of piperazine rings is 1. The second-order valence-corrected chi connectivity index (χ2v) is 9.55. The number of carbonyl (C=O) groups is 1. The summed E-state index contributed by atoms with van der Waals surface area (Å²) in [6.07, 6.45) is 0.593. The van der Waals surface area contributed by atoms with Gasteiger partial charge in [0.25, 0.3) is 0 Å². The Morgan fingerprint density at radius 1 is 1.28 bits per heavy atom. The predicted molar refractivity (Wildman–Crippen MR) is 109 cm³/mol. The van der Waals surface area contributed by atoms with Crippen LogP contribution in [0.2, 0.25) is 10.4 Å². The maximum Gasteiger partial charge on any atom is 0.408 e. The van der Waals surface area contributed by atoms with Crippen LogP contribution in [0.3, 0.4) is 0 Å². The molecule has 2 atom stereocenters. The van der Waals surface area contributed by atoms with Crippen molar-refractivity contribution in [2.75, 3.05) is 18.0 Å². The zero-order valence-electron chi connectivity index (χ0n) is 16.6. The third-order valence-electron chi connectivity index (χ3n) is 6.38. The van der Waals surface area contributed by atoms with Crippen molar-refractivity contribution in [3.63, 3.8) is 0 Å². The molecule has 2 aromatic heterocycles. The van der Waals surface area contributed by atoms with Gasteiger partial charge in [0, 0.05) is 13.1 Å². The molecule has 2 saturated heterocycles. The van der Waals surface area contributed by atoms with E-state index in [1.54, 1.807) is 11.8 Å². The van der Waals surface area contributed by atoms with E-state index in [-0.39, 0.29) is 27.4 Å². The van der Waals surface area contributed by atoms with Gasteiger partial charge in [0.15, 0.2) is 11.0 Å². The first kappa shape index (κ1) is 20.3. The molecule has 2 bridgehead atoms. The summed E-state index contributed by atoms with van der Waals surface area (Å²) >= 11 is 12.0. The molecule has 1 amide bonds. The Morgan fingerprint density at radius 2 is 1.97 bits per heavy atom. The number of aromatic nitrogens is 3. The Balaban J connectivity index is 1.91. The van der Waals surface area contributed by atoms with Gasteiger partial charge in [-0.15, -0.1) is 0 Å². The second-order valence-electron chi connectivity index (χ2n) is 8.85. The predicted octanol–water partition coefficient (Wildman–Crippen LogP) is 4.53. The maximum atomic E-state index is 14.7. The molecule has 10 heteroatoms. The zero-order chi connectivity index (χ0) is 21.3. The van der Waals surface area contributed by atoms with Crippen molar-refractivity contribution in [3.8, 4) is 0 Å². The Bertz CT molecular complexity index is 1030. The van der Waals surface area contributed by atoms with Gasteiger partial charge in [-0.3, -0.25) is 4.90 Å². The maximum absolute atomic E-state index is 14.7. The molecule has 2 aliphatic heterocycles. The number of rotatable bonds is 1. The Morgan fingerprint density at radius 3 is 2.59 bits per heavy atom. The van der Waals surface area contributed by atoms with E-state index in [2.05, 4.69) is 15.0 Å². The molecule has 0 aromatic carbocycles. The molecule has 1 N–H and O–H groups in total. The molecule has 2 aliphatic rings. The van der Waals surface area contributed by atoms with Crippen LogP contribution in [-0.2, 0) is 0 Å². The molecular formula is C19H22Cl2FN5O2. The summed E-state index contributed by atoms with van der Waals surface area (Å²) in [6, 6.07) is -0.185. The number of carboxylic acid groups (broad SMARTS) is 1. The van der Waals surface area contributed by atoms with E-state index >= 15 is 0 Å². The SMILES string of the molecule is Cc1nc(Cl)c(F)c2nc(Cl)nc(N3C[C@@H]4CC[C@@](C(C)(C)C)(C3)N4C(=O)O)c12. The van der Waals surface area contributed by atoms with Crippen LogP contribution in [0.25, 0.3) is 10.9 Å². The fraction of sp³-hybridized carbons (Fsp3) is 0.579. The zero-order valence-corrected chi connectivity index (χ0v) is 18.1. The van der Waals surface area contributed by atoms with Gasteiger partial charge in [0.1, 0.15) is 11.3 Å². The van der Waals surface area contributed by atoms with Crippen LogP contribution < -0.4 is 4.90 Å². The van der Waals surface area contributed by atoms with Gasteiger partial charge in [-0.2, -0.15) is 4.98 Å². The van der Waals surface area contributed by atoms with Crippen LogP contribution in [0, 0.1) is 18.2 Å². The molecule has 4 heterocycles. The number of pyridine rings is 1. The van der Waals surface area contributed by atoms with Crippen LogP contribution in [0.5, 0.6) is 0 Å². The fourth-order valence-electron chi connectivity index (χ4n) is 4.93. The molecule has 7 nitrogen and oxygen atoms in total. The summed E-state index contributed by atoms with van der Waals surface area (Å²) in [5, 5.41) is 10.0. The summed E-state index contributed by atoms with van der Waals surface area (Å²) in [5.41, 5.74) is -0.392. The molecular weight excluding hydrogens is 420 g/mol. The Labute approximate surface area is 177 Å². The first-order valence-corrected chi connectivity index (χ1v) is 10.2. The molecule has 0 radical (unpaired) electrons. The summed E-state index contributed by atoms with van der Waals surface area (Å²) in [6.45, 7) is 8.72. The van der Waals surface area contributed by atoms with Gasteiger partial charge in [0.2, 0.25) is 5.28 Å². The monoisotopic (exact) mass is 441 g/mol. The number of anilines is 1. The van der Waals surface area contributed by atoms with Crippen LogP contribution in [0.15, 0.2) is 0 Å². The number of hydrogen-bond acceptors (Lipinski definition) is 5. The van der Waals surface area contributed by atoms with Gasteiger partial charge >= 0.3 is 6.09 Å². The first-order chi connectivity index (χ1) is 13.5. The van der Waals surface area contributed by atoms with E-state index in [1.165, 1.54) is 0 Å². The minimum Gasteiger partial charge on any atom is -0.465 e. The van der Waals surface area contributed by atoms with Gasteiger partial charge in [-0.25, -0.2) is 19.2 Å². The lowest BCUT2D eigenvalue weighted by Gasteiger charge is -2.54. The lowest BCUT2D eigenvalue weighted by Crippen LogP contribution is -2.68. The minimum absolute atomic E-state index is 0.0234. The van der Waals surface area contributed by atoms with Crippen molar-refractivity contribution in [3.05, 3.63) is 21.9 Å². The standard InChI is InChI=1S/C19H22Cl2FN5O2/c1-9-11-13(12(22)14(20)23-9)24-16(21)25-15(11)26-7-10-5-6-19(8-26,18(2,3)4)27(10)17(28)29/h10H,5-8H2,1-4H3,(H,28,29)/t10-,19-/m0/s1. The largest absolute Gasteiger partial charge is 0.465 e. The Kier molecular flexibility index (Phi) is 4.59. The van der Waals surface area contributed by atoms with Crippen molar-refractivity contribution < 1.29 is 14.3 Å². The third kappa shape index (κ3) is 2.91. The number of nitrogens with zero attached hydrogens (tertiary/aromatic N) is 5. The normalized spacial score (nSPS) is 24.4. The van der Waals surface area contributed by atoms with Crippen molar-refractivity contribution in [2.45, 2.75) is 52.1 Å². The topological polar surface area (TPSA) is 82.5 Å². The number of hydrogen-bond donors (Lipinski definition) is 1. The summed E-state index contributed by atoms with van der Waals surface area (Å²) in [5.74, 6) is -0.276. The summed E-state index contributed by atoms with van der Waals surface area (Å²) < 4.78 is 14.7. The van der Waals surface area contributed by atoms with E-state index in [0.717, 1.165) is 12.8 Å². The van der Waals surface area contributed by atoms with Gasteiger partial charge in [-0.1, -0.05) is 32.4 Å². The highest BCUT2D eigenvalue weighted by Crippen LogP contribution is 2.50. The van der Waals surface area contributed by atoms with Crippen molar-refractivity contribution in [2.24, 2.45) is 5.41 Å². The quantitative estimate of drug-likeness (QED) is 0.517. The van der Waals surface area contributed by atoms with E-state index in [9.17, 15) is 14.3 Å². The van der Waals surface area contributed by atoms with E-state index < -0.39 is 17.4 Å². The third-order valence-corrected chi connectivity index (χ3v) is 6.80. The lowest BCUT2D eigenvalue weighted by atomic mass is 9.71. The van der Waals surface area contributed by atoms with E-state index in [0.29, 0.717) is 30.0 Å². The molecule has 0 saturated carbocycles. The first-order valence-electron chi connectivity index (χ1n) is 9.42. The summed E-state index contributed by atoms with van der Waals surface area (Å²) in [4.78, 5) is 28.2. The van der Waals surface area contributed by atoms with E-state index in [1.807, 2.05) is 25.7 Å². The number of halogens is 3. The minimum atomic E-state index is -0.914. The van der Waals surface area contributed by atoms with E-state index in [4.69, 9.17) is 23.2 Å². The highest BCUT2D eigenvalue weighted by Gasteiger charge is 2.59. The molecule has 0 spiro atoms. The van der Waals surface area contributed by atoms with Gasteiger partial charge < -0.3 is 10.0 Å². The molecule has 0 aliphatic carbocycles. The number of amides is 1. The molecule has 2 aromatic rings. The van der Waals surface area contributed by atoms with Crippen molar-refractivity contribution in [1.82, 2.24) is 19.9 Å². The molecule has 4 rings (SSSR count). The molecule has 29 heavy (non-hydrogen) atoms. The van der Waals surface area contributed by atoms with Crippen LogP contribution >= 0.6 is 23.2 Å². The second kappa shape index (κ2) is 6.54. The molecule has 2 fully saturated rings. The fourth-order valence-corrected chi connectivity index (χ4v) is 5.32. The van der Waals surface area contributed by atoms with Crippen LogP contribution in [0.4, 0.5) is 15.0 Å². The summed E-state index contributed by atoms with van der Waals surface area (Å²) in [7, 11) is 0. The van der Waals surface area contributed by atoms with Crippen molar-refractivity contribution >= 4 is 46.0 Å². The Hall–Kier alpha value is -1.93. The average molecular weight is 442 g/mol. The van der Waals surface area contributed by atoms with Gasteiger partial charge in [-0.05, 0) is 36.8 Å². The smallest absolute Gasteiger partial charge is 0.408 e. The van der Waals surface area contributed by atoms with Crippen molar-refractivity contribution in [1.29, 1.82) is 0 Å². The van der Waals surface area contributed by atoms with Gasteiger partial charge in [0.05, 0.1) is 22.7 Å². The number of aryl methyl sites for hydroxylation is 1. The highest BCUT2D eigenvalue weighted by atomic mass is 35.5.